The van der Waals surface area contributed by atoms with Crippen LogP contribution in [0.15, 0.2) is 6.07 Å². The van der Waals surface area contributed by atoms with E-state index in [1.807, 2.05) is 0 Å². The first-order chi connectivity index (χ1) is 6.45. The number of aryl methyl sites for hydroxylation is 1. The molecular formula is C8H7F3N2O. The zero-order chi connectivity index (χ0) is 10.8. The highest BCUT2D eigenvalue weighted by atomic mass is 19.4. The van der Waals surface area contributed by atoms with Gasteiger partial charge in [0.25, 0.3) is 0 Å². The highest BCUT2D eigenvalue weighted by molar-refractivity contribution is 5.18. The first-order valence-corrected chi connectivity index (χ1v) is 3.62. The van der Waals surface area contributed by atoms with Crippen molar-refractivity contribution in [2.75, 3.05) is 6.61 Å². The maximum absolute atomic E-state index is 12.2. The van der Waals surface area contributed by atoms with Crippen LogP contribution in [0.25, 0.3) is 0 Å². The molecule has 0 unspecified atom stereocenters. The number of rotatable bonds is 2. The van der Waals surface area contributed by atoms with Crippen molar-refractivity contribution in [2.45, 2.75) is 6.18 Å². The standard InChI is InChI=1S/C8H7F3N2O/c1-3-4-14-7-5-6(8(9,10)11)13(2)12-7/h1,5H,4H2,2H3. The van der Waals surface area contributed by atoms with Crippen molar-refractivity contribution in [3.63, 3.8) is 0 Å². The average Bonchev–Trinajstić information content (AvgIpc) is 2.42. The lowest BCUT2D eigenvalue weighted by molar-refractivity contribution is -0.143. The maximum Gasteiger partial charge on any atom is 0.433 e. The zero-order valence-electron chi connectivity index (χ0n) is 7.30. The molecule has 0 radical (unpaired) electrons. The molecular weight excluding hydrogens is 197 g/mol. The van der Waals surface area contributed by atoms with Crippen LogP contribution in [0.4, 0.5) is 13.2 Å². The maximum atomic E-state index is 12.2. The van der Waals surface area contributed by atoms with Gasteiger partial charge in [0.15, 0.2) is 6.61 Å². The van der Waals surface area contributed by atoms with Crippen LogP contribution in [0, 0.1) is 12.3 Å². The summed E-state index contributed by atoms with van der Waals surface area (Å²) >= 11 is 0. The van der Waals surface area contributed by atoms with Crippen molar-refractivity contribution < 1.29 is 17.9 Å². The molecule has 0 atom stereocenters. The van der Waals surface area contributed by atoms with Gasteiger partial charge in [0.2, 0.25) is 5.88 Å². The van der Waals surface area contributed by atoms with Crippen molar-refractivity contribution >= 4 is 0 Å². The fourth-order valence-corrected chi connectivity index (χ4v) is 0.892. The molecule has 0 aliphatic carbocycles. The Bertz CT molecular complexity index is 362. The van der Waals surface area contributed by atoms with Gasteiger partial charge in [-0.3, -0.25) is 4.68 Å². The molecule has 0 spiro atoms. The van der Waals surface area contributed by atoms with Crippen LogP contribution in [0.3, 0.4) is 0 Å². The molecule has 0 fully saturated rings. The van der Waals surface area contributed by atoms with Crippen LogP contribution in [0.1, 0.15) is 5.69 Å². The molecule has 0 amide bonds. The van der Waals surface area contributed by atoms with E-state index in [4.69, 9.17) is 11.2 Å². The van der Waals surface area contributed by atoms with Crippen molar-refractivity contribution in [3.05, 3.63) is 11.8 Å². The number of ether oxygens (including phenoxy) is 1. The van der Waals surface area contributed by atoms with Crippen LogP contribution in [0.5, 0.6) is 5.88 Å². The number of halogens is 3. The molecule has 0 aromatic carbocycles. The number of hydrogen-bond donors (Lipinski definition) is 0. The molecule has 0 aliphatic rings. The van der Waals surface area contributed by atoms with E-state index < -0.39 is 11.9 Å². The minimum atomic E-state index is -4.43. The lowest BCUT2D eigenvalue weighted by Gasteiger charge is -2.04. The van der Waals surface area contributed by atoms with E-state index in [9.17, 15) is 13.2 Å². The third kappa shape index (κ3) is 2.19. The molecule has 1 aromatic heterocycles. The second-order valence-electron chi connectivity index (χ2n) is 2.48. The smallest absolute Gasteiger partial charge is 0.433 e. The second-order valence-corrected chi connectivity index (χ2v) is 2.48. The van der Waals surface area contributed by atoms with Gasteiger partial charge in [-0.15, -0.1) is 11.5 Å². The predicted octanol–water partition coefficient (Wildman–Crippen LogP) is 1.45. The quantitative estimate of drug-likeness (QED) is 0.682. The topological polar surface area (TPSA) is 27.1 Å². The summed E-state index contributed by atoms with van der Waals surface area (Å²) in [4.78, 5) is 0. The highest BCUT2D eigenvalue weighted by Crippen LogP contribution is 2.30. The molecule has 6 heteroatoms. The van der Waals surface area contributed by atoms with Gasteiger partial charge in [0.05, 0.1) is 0 Å². The Hall–Kier alpha value is -1.64. The van der Waals surface area contributed by atoms with E-state index in [0.717, 1.165) is 6.07 Å². The summed E-state index contributed by atoms with van der Waals surface area (Å²) < 4.78 is 42.1. The van der Waals surface area contributed by atoms with Crippen LogP contribution < -0.4 is 4.74 Å². The first kappa shape index (κ1) is 10.4. The number of nitrogens with zero attached hydrogens (tertiary/aromatic N) is 2. The fourth-order valence-electron chi connectivity index (χ4n) is 0.892. The van der Waals surface area contributed by atoms with Crippen molar-refractivity contribution in [1.82, 2.24) is 9.78 Å². The van der Waals surface area contributed by atoms with Gasteiger partial charge in [-0.1, -0.05) is 5.92 Å². The van der Waals surface area contributed by atoms with E-state index in [0.29, 0.717) is 4.68 Å². The largest absolute Gasteiger partial charge is 0.463 e. The Kier molecular flexibility index (Phi) is 2.70. The lowest BCUT2D eigenvalue weighted by Crippen LogP contribution is -2.11. The summed E-state index contributed by atoms with van der Waals surface area (Å²) in [7, 11) is 1.19. The summed E-state index contributed by atoms with van der Waals surface area (Å²) in [5.74, 6) is 2.00. The van der Waals surface area contributed by atoms with Crippen LogP contribution in [-0.2, 0) is 13.2 Å². The SMILES string of the molecule is C#CCOc1cc(C(F)(F)F)n(C)n1. The van der Waals surface area contributed by atoms with Crippen molar-refractivity contribution in [3.8, 4) is 18.2 Å². The summed E-state index contributed by atoms with van der Waals surface area (Å²) in [6.07, 6.45) is 0.444. The molecule has 14 heavy (non-hydrogen) atoms. The molecule has 1 rings (SSSR count). The normalized spacial score (nSPS) is 11.1. The third-order valence-electron chi connectivity index (χ3n) is 1.45. The summed E-state index contributed by atoms with van der Waals surface area (Å²) in [6, 6.07) is 0.803. The Morgan fingerprint density at radius 1 is 1.64 bits per heavy atom. The van der Waals surface area contributed by atoms with Gasteiger partial charge >= 0.3 is 6.18 Å². The van der Waals surface area contributed by atoms with Gasteiger partial charge in [-0.05, 0) is 0 Å². The molecule has 3 nitrogen and oxygen atoms in total. The first-order valence-electron chi connectivity index (χ1n) is 3.62. The Labute approximate surface area is 78.5 Å². The lowest BCUT2D eigenvalue weighted by atomic mass is 10.4. The monoisotopic (exact) mass is 204 g/mol. The van der Waals surface area contributed by atoms with E-state index in [-0.39, 0.29) is 12.5 Å². The Morgan fingerprint density at radius 3 is 2.71 bits per heavy atom. The molecule has 1 aromatic rings. The van der Waals surface area contributed by atoms with Gasteiger partial charge in [-0.2, -0.15) is 13.2 Å². The van der Waals surface area contributed by atoms with Gasteiger partial charge in [-0.25, -0.2) is 0 Å². The Morgan fingerprint density at radius 2 is 2.29 bits per heavy atom. The van der Waals surface area contributed by atoms with Gasteiger partial charge in [0.1, 0.15) is 5.69 Å². The van der Waals surface area contributed by atoms with Gasteiger partial charge < -0.3 is 4.74 Å². The molecule has 0 aliphatic heterocycles. The summed E-state index contributed by atoms with van der Waals surface area (Å²) in [5, 5.41) is 3.49. The highest BCUT2D eigenvalue weighted by Gasteiger charge is 2.35. The minimum Gasteiger partial charge on any atom is -0.463 e. The summed E-state index contributed by atoms with van der Waals surface area (Å²) in [5.41, 5.74) is -0.871. The second kappa shape index (κ2) is 3.62. The predicted molar refractivity (Wildman–Crippen MR) is 42.5 cm³/mol. The zero-order valence-corrected chi connectivity index (χ0v) is 7.30. The molecule has 0 bridgehead atoms. The molecule has 0 N–H and O–H groups in total. The van der Waals surface area contributed by atoms with E-state index in [2.05, 4.69) is 11.0 Å². The molecule has 0 saturated carbocycles. The van der Waals surface area contributed by atoms with Crippen LogP contribution >= 0.6 is 0 Å². The number of aromatic nitrogens is 2. The Balaban J connectivity index is 2.89. The van der Waals surface area contributed by atoms with Crippen molar-refractivity contribution in [2.24, 2.45) is 7.05 Å². The van der Waals surface area contributed by atoms with E-state index in [1.165, 1.54) is 7.05 Å². The molecule has 0 saturated heterocycles. The average molecular weight is 204 g/mol. The van der Waals surface area contributed by atoms with Gasteiger partial charge in [0, 0.05) is 13.1 Å². The van der Waals surface area contributed by atoms with Crippen LogP contribution in [0.2, 0.25) is 0 Å². The third-order valence-corrected chi connectivity index (χ3v) is 1.45. The fraction of sp³-hybridized carbons (Fsp3) is 0.375. The van der Waals surface area contributed by atoms with Crippen molar-refractivity contribution in [1.29, 1.82) is 0 Å². The number of alkyl halides is 3. The number of terminal acetylenes is 1. The van der Waals surface area contributed by atoms with E-state index in [1.54, 1.807) is 0 Å². The number of hydrogen-bond acceptors (Lipinski definition) is 2. The minimum absolute atomic E-state index is 0.103. The molecule has 1 heterocycles. The summed E-state index contributed by atoms with van der Waals surface area (Å²) in [6.45, 7) is -0.103. The van der Waals surface area contributed by atoms with Crippen LogP contribution in [-0.4, -0.2) is 16.4 Å². The molecule has 76 valence electrons. The van der Waals surface area contributed by atoms with E-state index >= 15 is 0 Å².